The highest BCUT2D eigenvalue weighted by Crippen LogP contribution is 2.23. The summed E-state index contributed by atoms with van der Waals surface area (Å²) in [5.74, 6) is 0.148. The second-order valence-electron chi connectivity index (χ2n) is 6.70. The van der Waals surface area contributed by atoms with Crippen LogP contribution < -0.4 is 0 Å². The number of rotatable bonds is 3. The summed E-state index contributed by atoms with van der Waals surface area (Å²) in [6.07, 6.45) is 0.417. The van der Waals surface area contributed by atoms with Crippen LogP contribution in [0.1, 0.15) is 53.6 Å². The summed E-state index contributed by atoms with van der Waals surface area (Å²) in [6.45, 7) is 10.5. The molecule has 0 N–H and O–H groups in total. The first-order chi connectivity index (χ1) is 9.70. The van der Waals surface area contributed by atoms with Crippen molar-refractivity contribution in [2.45, 2.75) is 46.5 Å². The molecule has 3 heteroatoms. The molecule has 0 unspecified atom stereocenters. The van der Waals surface area contributed by atoms with E-state index in [2.05, 4.69) is 38.0 Å². The van der Waals surface area contributed by atoms with E-state index >= 15 is 0 Å². The Morgan fingerprint density at radius 3 is 2.14 bits per heavy atom. The van der Waals surface area contributed by atoms with Gasteiger partial charge in [-0.3, -0.25) is 9.48 Å². The molecule has 0 aliphatic carbocycles. The Morgan fingerprint density at radius 2 is 1.71 bits per heavy atom. The van der Waals surface area contributed by atoms with E-state index in [0.717, 1.165) is 22.5 Å². The molecule has 2 aromatic rings. The van der Waals surface area contributed by atoms with Crippen molar-refractivity contribution < 1.29 is 4.79 Å². The van der Waals surface area contributed by atoms with Crippen LogP contribution in [0.25, 0.3) is 0 Å². The van der Waals surface area contributed by atoms with Gasteiger partial charge in [-0.15, -0.1) is 0 Å². The standard InChI is InChI=1S/C18H24N2O/c1-12-16(13(2)20(6)19-12)11-17(21)14-7-9-15(10-8-14)18(3,4)5/h7-10H,11H2,1-6H3. The zero-order chi connectivity index (χ0) is 15.8. The summed E-state index contributed by atoms with van der Waals surface area (Å²) in [7, 11) is 1.91. The molecule has 0 bridgehead atoms. The number of hydrogen-bond donors (Lipinski definition) is 0. The number of hydrogen-bond acceptors (Lipinski definition) is 2. The van der Waals surface area contributed by atoms with Crippen molar-refractivity contribution in [3.63, 3.8) is 0 Å². The van der Waals surface area contributed by atoms with Gasteiger partial charge >= 0.3 is 0 Å². The molecule has 1 aromatic carbocycles. The molecule has 0 saturated carbocycles. The van der Waals surface area contributed by atoms with E-state index < -0.39 is 0 Å². The third kappa shape index (κ3) is 3.23. The average molecular weight is 284 g/mol. The van der Waals surface area contributed by atoms with E-state index in [-0.39, 0.29) is 11.2 Å². The van der Waals surface area contributed by atoms with Gasteiger partial charge in [0, 0.05) is 30.3 Å². The molecule has 0 atom stereocenters. The van der Waals surface area contributed by atoms with E-state index in [4.69, 9.17) is 0 Å². The minimum atomic E-state index is 0.109. The first-order valence-electron chi connectivity index (χ1n) is 7.33. The molecule has 2 rings (SSSR count). The molecule has 0 fully saturated rings. The van der Waals surface area contributed by atoms with Crippen molar-refractivity contribution in [2.24, 2.45) is 7.05 Å². The van der Waals surface area contributed by atoms with Crippen LogP contribution in [0.2, 0.25) is 0 Å². The molecule has 0 spiro atoms. The van der Waals surface area contributed by atoms with E-state index in [1.165, 1.54) is 5.56 Å². The van der Waals surface area contributed by atoms with Crippen LogP contribution in [-0.2, 0) is 18.9 Å². The number of nitrogens with zero attached hydrogens (tertiary/aromatic N) is 2. The minimum Gasteiger partial charge on any atom is -0.294 e. The van der Waals surface area contributed by atoms with Gasteiger partial charge in [0.1, 0.15) is 0 Å². The first-order valence-corrected chi connectivity index (χ1v) is 7.33. The minimum absolute atomic E-state index is 0.109. The van der Waals surface area contributed by atoms with Gasteiger partial charge in [-0.1, -0.05) is 45.0 Å². The highest BCUT2D eigenvalue weighted by Gasteiger charge is 2.17. The summed E-state index contributed by atoms with van der Waals surface area (Å²) in [5.41, 5.74) is 5.17. The SMILES string of the molecule is Cc1nn(C)c(C)c1CC(=O)c1ccc(C(C)(C)C)cc1. The van der Waals surface area contributed by atoms with Crippen LogP contribution in [0.4, 0.5) is 0 Å². The summed E-state index contributed by atoms with van der Waals surface area (Å²) in [5, 5.41) is 4.37. The lowest BCUT2D eigenvalue weighted by molar-refractivity contribution is 0.0992. The zero-order valence-electron chi connectivity index (χ0n) is 13.8. The highest BCUT2D eigenvalue weighted by molar-refractivity contribution is 5.97. The molecule has 1 aromatic heterocycles. The molecule has 3 nitrogen and oxygen atoms in total. The molecule has 112 valence electrons. The van der Waals surface area contributed by atoms with Gasteiger partial charge in [0.15, 0.2) is 5.78 Å². The van der Waals surface area contributed by atoms with E-state index in [9.17, 15) is 4.79 Å². The average Bonchev–Trinajstić information content (AvgIpc) is 2.64. The van der Waals surface area contributed by atoms with Gasteiger partial charge in [0.25, 0.3) is 0 Å². The summed E-state index contributed by atoms with van der Waals surface area (Å²) < 4.78 is 1.83. The first kappa shape index (κ1) is 15.5. The second kappa shape index (κ2) is 5.47. The lowest BCUT2D eigenvalue weighted by Crippen LogP contribution is -2.12. The van der Waals surface area contributed by atoms with Gasteiger partial charge in [-0.25, -0.2) is 0 Å². The number of carbonyl (C=O) groups is 1. The number of aromatic nitrogens is 2. The quantitative estimate of drug-likeness (QED) is 0.804. The number of ketones is 1. The van der Waals surface area contributed by atoms with Gasteiger partial charge in [0.2, 0.25) is 0 Å². The topological polar surface area (TPSA) is 34.9 Å². The molecule has 0 amide bonds. The van der Waals surface area contributed by atoms with Crippen molar-refractivity contribution in [2.75, 3.05) is 0 Å². The maximum Gasteiger partial charge on any atom is 0.167 e. The summed E-state index contributed by atoms with van der Waals surface area (Å²) in [4.78, 5) is 12.5. The van der Waals surface area contributed by atoms with E-state index in [1.807, 2.05) is 37.7 Å². The van der Waals surface area contributed by atoms with Crippen molar-refractivity contribution >= 4 is 5.78 Å². The third-order valence-electron chi connectivity index (χ3n) is 4.07. The number of benzene rings is 1. The van der Waals surface area contributed by atoms with Crippen molar-refractivity contribution in [3.8, 4) is 0 Å². The summed E-state index contributed by atoms with van der Waals surface area (Å²) in [6, 6.07) is 7.97. The van der Waals surface area contributed by atoms with Crippen LogP contribution in [-0.4, -0.2) is 15.6 Å². The predicted molar refractivity (Wildman–Crippen MR) is 85.9 cm³/mol. The fourth-order valence-corrected chi connectivity index (χ4v) is 2.49. The normalized spacial score (nSPS) is 11.7. The van der Waals surface area contributed by atoms with Crippen LogP contribution >= 0.6 is 0 Å². The van der Waals surface area contributed by atoms with Gasteiger partial charge < -0.3 is 0 Å². The second-order valence-corrected chi connectivity index (χ2v) is 6.70. The molecule has 21 heavy (non-hydrogen) atoms. The number of aryl methyl sites for hydroxylation is 2. The Labute approximate surface area is 127 Å². The monoisotopic (exact) mass is 284 g/mol. The Balaban J connectivity index is 2.21. The van der Waals surface area contributed by atoms with Crippen molar-refractivity contribution in [1.82, 2.24) is 9.78 Å². The molecule has 0 aliphatic heterocycles. The molecule has 1 heterocycles. The molecular formula is C18H24N2O. The Bertz CT molecular complexity index is 658. The van der Waals surface area contributed by atoms with Gasteiger partial charge in [-0.05, 0) is 24.8 Å². The van der Waals surface area contributed by atoms with Crippen LogP contribution in [0.15, 0.2) is 24.3 Å². The Kier molecular flexibility index (Phi) is 4.04. The molecule has 0 saturated heterocycles. The molecule has 0 aliphatic rings. The fraction of sp³-hybridized carbons (Fsp3) is 0.444. The van der Waals surface area contributed by atoms with Gasteiger partial charge in [0.05, 0.1) is 5.69 Å². The molecular weight excluding hydrogens is 260 g/mol. The van der Waals surface area contributed by atoms with Crippen molar-refractivity contribution in [1.29, 1.82) is 0 Å². The Morgan fingerprint density at radius 1 is 1.14 bits per heavy atom. The molecule has 0 radical (unpaired) electrons. The highest BCUT2D eigenvalue weighted by atomic mass is 16.1. The van der Waals surface area contributed by atoms with Crippen LogP contribution in [0.5, 0.6) is 0 Å². The lowest BCUT2D eigenvalue weighted by Gasteiger charge is -2.19. The van der Waals surface area contributed by atoms with E-state index in [0.29, 0.717) is 6.42 Å². The van der Waals surface area contributed by atoms with E-state index in [1.54, 1.807) is 0 Å². The third-order valence-corrected chi connectivity index (χ3v) is 4.07. The number of Topliss-reactive ketones (excluding diaryl/α,β-unsaturated/α-hetero) is 1. The zero-order valence-corrected chi connectivity index (χ0v) is 13.8. The van der Waals surface area contributed by atoms with Gasteiger partial charge in [-0.2, -0.15) is 5.10 Å². The smallest absolute Gasteiger partial charge is 0.167 e. The van der Waals surface area contributed by atoms with Crippen molar-refractivity contribution in [3.05, 3.63) is 52.3 Å². The maximum absolute atomic E-state index is 12.5. The van der Waals surface area contributed by atoms with Crippen LogP contribution in [0, 0.1) is 13.8 Å². The largest absolute Gasteiger partial charge is 0.294 e. The predicted octanol–water partition coefficient (Wildman–Crippen LogP) is 3.76. The lowest BCUT2D eigenvalue weighted by atomic mass is 9.86. The fourth-order valence-electron chi connectivity index (χ4n) is 2.49. The van der Waals surface area contributed by atoms with Crippen LogP contribution in [0.3, 0.4) is 0 Å². The summed E-state index contributed by atoms with van der Waals surface area (Å²) >= 11 is 0. The maximum atomic E-state index is 12.5. The Hall–Kier alpha value is -1.90. The number of carbonyl (C=O) groups excluding carboxylic acids is 1.